The lowest BCUT2D eigenvalue weighted by atomic mass is 9.85. The van der Waals surface area contributed by atoms with E-state index >= 15 is 0 Å². The van der Waals surface area contributed by atoms with Gasteiger partial charge in [-0.15, -0.1) is 0 Å². The third-order valence-corrected chi connectivity index (χ3v) is 6.44. The van der Waals surface area contributed by atoms with Gasteiger partial charge < -0.3 is 19.6 Å². The Hall–Kier alpha value is -3.38. The molecular formula is C30H38N2O4. The van der Waals surface area contributed by atoms with Crippen LogP contribution in [0, 0.1) is 6.92 Å². The van der Waals surface area contributed by atoms with Crippen molar-refractivity contribution in [1.82, 2.24) is 9.80 Å². The Morgan fingerprint density at radius 1 is 1.14 bits per heavy atom. The molecule has 6 heteroatoms. The predicted molar refractivity (Wildman–Crippen MR) is 144 cm³/mol. The summed E-state index contributed by atoms with van der Waals surface area (Å²) in [7, 11) is 3.95. The predicted octanol–water partition coefficient (Wildman–Crippen LogP) is 5.23. The summed E-state index contributed by atoms with van der Waals surface area (Å²) >= 11 is 0. The van der Waals surface area contributed by atoms with Crippen molar-refractivity contribution in [1.29, 1.82) is 0 Å². The second kappa shape index (κ2) is 11.1. The number of ketones is 1. The number of aryl methyl sites for hydroxylation is 1. The van der Waals surface area contributed by atoms with Gasteiger partial charge in [-0.2, -0.15) is 0 Å². The maximum atomic E-state index is 13.3. The normalized spacial score (nSPS) is 17.6. The average molecular weight is 491 g/mol. The monoisotopic (exact) mass is 490 g/mol. The quantitative estimate of drug-likeness (QED) is 0.226. The molecule has 36 heavy (non-hydrogen) atoms. The first-order chi connectivity index (χ1) is 17.0. The first-order valence-corrected chi connectivity index (χ1v) is 12.3. The van der Waals surface area contributed by atoms with Crippen LogP contribution in [0.2, 0.25) is 0 Å². The summed E-state index contributed by atoms with van der Waals surface area (Å²) < 4.78 is 5.64. The van der Waals surface area contributed by atoms with Gasteiger partial charge in [0.15, 0.2) is 0 Å². The topological polar surface area (TPSA) is 70.1 Å². The molecule has 1 saturated heterocycles. The van der Waals surface area contributed by atoms with Gasteiger partial charge in [-0.3, -0.25) is 9.59 Å². The van der Waals surface area contributed by atoms with Crippen LogP contribution in [-0.4, -0.2) is 60.4 Å². The Labute approximate surface area is 214 Å². The Balaban J connectivity index is 2.09. The van der Waals surface area contributed by atoms with Crippen LogP contribution in [0.25, 0.3) is 5.76 Å². The van der Waals surface area contributed by atoms with Crippen molar-refractivity contribution in [3.63, 3.8) is 0 Å². The van der Waals surface area contributed by atoms with Gasteiger partial charge in [0.2, 0.25) is 0 Å². The molecule has 0 radical (unpaired) electrons. The van der Waals surface area contributed by atoms with E-state index in [1.54, 1.807) is 29.2 Å². The molecule has 2 aromatic carbocycles. The third kappa shape index (κ3) is 5.88. The molecule has 3 rings (SSSR count). The molecule has 2 aromatic rings. The molecule has 0 bridgehead atoms. The van der Waals surface area contributed by atoms with Crippen molar-refractivity contribution < 1.29 is 19.4 Å². The van der Waals surface area contributed by atoms with Crippen LogP contribution in [0.4, 0.5) is 0 Å². The second-order valence-electron chi connectivity index (χ2n) is 10.6. The number of hydrogen-bond donors (Lipinski definition) is 1. The Morgan fingerprint density at radius 2 is 1.81 bits per heavy atom. The van der Waals surface area contributed by atoms with Crippen LogP contribution in [0.15, 0.2) is 60.7 Å². The minimum Gasteiger partial charge on any atom is -0.507 e. The molecule has 0 spiro atoms. The molecule has 1 amide bonds. The Kier molecular flexibility index (Phi) is 8.41. The van der Waals surface area contributed by atoms with E-state index in [1.807, 2.05) is 50.2 Å². The highest BCUT2D eigenvalue weighted by atomic mass is 16.5. The van der Waals surface area contributed by atoms with Crippen LogP contribution in [0.3, 0.4) is 0 Å². The summed E-state index contributed by atoms with van der Waals surface area (Å²) in [6, 6.07) is 12.6. The molecule has 1 N–H and O–H groups in total. The molecule has 192 valence electrons. The lowest BCUT2D eigenvalue weighted by Crippen LogP contribution is -2.32. The fourth-order valence-corrected chi connectivity index (χ4v) is 4.44. The van der Waals surface area contributed by atoms with E-state index in [4.69, 9.17) is 4.74 Å². The minimum absolute atomic E-state index is 0.0288. The lowest BCUT2D eigenvalue weighted by Gasteiger charge is -2.27. The molecule has 0 unspecified atom stereocenters. The third-order valence-electron chi connectivity index (χ3n) is 6.44. The zero-order valence-electron chi connectivity index (χ0n) is 22.3. The first-order valence-electron chi connectivity index (χ1n) is 12.3. The summed E-state index contributed by atoms with van der Waals surface area (Å²) in [6.07, 6.45) is 2.38. The van der Waals surface area contributed by atoms with Gasteiger partial charge in [-0.05, 0) is 74.3 Å². The zero-order chi connectivity index (χ0) is 26.6. The highest BCUT2D eigenvalue weighted by molar-refractivity contribution is 6.46. The number of amides is 1. The zero-order valence-corrected chi connectivity index (χ0v) is 22.3. The maximum Gasteiger partial charge on any atom is 0.295 e. The number of rotatable bonds is 9. The smallest absolute Gasteiger partial charge is 0.295 e. The molecule has 1 fully saturated rings. The molecular weight excluding hydrogens is 452 g/mol. The van der Waals surface area contributed by atoms with Crippen molar-refractivity contribution in [3.8, 4) is 5.75 Å². The molecule has 1 aliphatic heterocycles. The average Bonchev–Trinajstić information content (AvgIpc) is 3.07. The summed E-state index contributed by atoms with van der Waals surface area (Å²) in [6.45, 7) is 13.5. The lowest BCUT2D eigenvalue weighted by molar-refractivity contribution is -0.139. The van der Waals surface area contributed by atoms with E-state index < -0.39 is 17.7 Å². The van der Waals surface area contributed by atoms with E-state index in [-0.39, 0.29) is 16.7 Å². The van der Waals surface area contributed by atoms with E-state index in [2.05, 4.69) is 27.4 Å². The number of hydrogen-bond acceptors (Lipinski definition) is 5. The SMILES string of the molecule is C=CCOc1ccc(C(O)=C2C(=O)C(=O)N(CCCN(C)C)[C@@H]2c2ccc(C(C)(C)C)cc2)cc1C. The number of likely N-dealkylation sites (tertiary alicyclic amines) is 1. The van der Waals surface area contributed by atoms with Crippen LogP contribution in [-0.2, 0) is 15.0 Å². The van der Waals surface area contributed by atoms with E-state index in [0.29, 0.717) is 30.9 Å². The molecule has 1 atom stereocenters. The number of aliphatic hydroxyl groups excluding tert-OH is 1. The Bertz CT molecular complexity index is 1160. The van der Waals surface area contributed by atoms with Gasteiger partial charge in [0.05, 0.1) is 11.6 Å². The highest BCUT2D eigenvalue weighted by Gasteiger charge is 2.45. The van der Waals surface area contributed by atoms with Crippen LogP contribution in [0.1, 0.15) is 55.5 Å². The molecule has 0 aliphatic carbocycles. The molecule has 0 aromatic heterocycles. The van der Waals surface area contributed by atoms with Gasteiger partial charge >= 0.3 is 0 Å². The van der Waals surface area contributed by atoms with E-state index in [9.17, 15) is 14.7 Å². The van der Waals surface area contributed by atoms with Gasteiger partial charge in [-0.25, -0.2) is 0 Å². The van der Waals surface area contributed by atoms with Crippen LogP contribution < -0.4 is 4.74 Å². The van der Waals surface area contributed by atoms with E-state index in [1.165, 1.54) is 0 Å². The van der Waals surface area contributed by atoms with Crippen LogP contribution in [0.5, 0.6) is 5.75 Å². The van der Waals surface area contributed by atoms with Gasteiger partial charge in [0.25, 0.3) is 11.7 Å². The van der Waals surface area contributed by atoms with Crippen molar-refractivity contribution in [2.75, 3.05) is 33.8 Å². The van der Waals surface area contributed by atoms with Gasteiger partial charge in [0.1, 0.15) is 18.1 Å². The van der Waals surface area contributed by atoms with Crippen molar-refractivity contribution in [2.24, 2.45) is 0 Å². The summed E-state index contributed by atoms with van der Waals surface area (Å²) in [4.78, 5) is 30.1. The van der Waals surface area contributed by atoms with E-state index in [0.717, 1.165) is 23.2 Å². The van der Waals surface area contributed by atoms with Crippen LogP contribution >= 0.6 is 0 Å². The number of carbonyl (C=O) groups is 2. The molecule has 1 heterocycles. The van der Waals surface area contributed by atoms with Crippen molar-refractivity contribution in [3.05, 3.63) is 82.9 Å². The van der Waals surface area contributed by atoms with Crippen molar-refractivity contribution >= 4 is 17.4 Å². The second-order valence-corrected chi connectivity index (χ2v) is 10.6. The molecule has 0 saturated carbocycles. The largest absolute Gasteiger partial charge is 0.507 e. The summed E-state index contributed by atoms with van der Waals surface area (Å²) in [5, 5.41) is 11.4. The Morgan fingerprint density at radius 3 is 2.36 bits per heavy atom. The van der Waals surface area contributed by atoms with Gasteiger partial charge in [0, 0.05) is 12.1 Å². The molecule has 1 aliphatic rings. The maximum absolute atomic E-state index is 13.3. The minimum atomic E-state index is -0.660. The number of carbonyl (C=O) groups excluding carboxylic acids is 2. The fourth-order valence-electron chi connectivity index (χ4n) is 4.44. The number of ether oxygens (including phenoxy) is 1. The number of benzene rings is 2. The standard InChI is InChI=1S/C30H38N2O4/c1-8-18-36-24-15-12-22(19-20(24)2)27(33)25-26(21-10-13-23(14-11-21)30(3,4)5)32(29(35)28(25)34)17-9-16-31(6)7/h8,10-15,19,26,33H,1,9,16-18H2,2-7H3/t26-/m1/s1. The summed E-state index contributed by atoms with van der Waals surface area (Å²) in [5.74, 6) is -0.744. The summed E-state index contributed by atoms with van der Waals surface area (Å²) in [5.41, 5.74) is 3.33. The van der Waals surface area contributed by atoms with Gasteiger partial charge in [-0.1, -0.05) is 57.7 Å². The molecule has 6 nitrogen and oxygen atoms in total. The number of aliphatic hydroxyl groups is 1. The fraction of sp³-hybridized carbons (Fsp3) is 0.400. The first kappa shape index (κ1) is 27.2. The van der Waals surface area contributed by atoms with Crippen molar-refractivity contribution in [2.45, 2.75) is 45.6 Å². The highest BCUT2D eigenvalue weighted by Crippen LogP contribution is 2.40. The number of Topliss-reactive ketones (excluding diaryl/α,β-unsaturated/α-hetero) is 1. The number of nitrogens with zero attached hydrogens (tertiary/aromatic N) is 2.